The third kappa shape index (κ3) is 5.89. The van der Waals surface area contributed by atoms with E-state index in [4.69, 9.17) is 4.74 Å². The van der Waals surface area contributed by atoms with Crippen LogP contribution in [-0.4, -0.2) is 20.3 Å². The molecular formula is C22H20F6N2O. The topological polar surface area (TPSA) is 33.3 Å². The molecule has 1 atom stereocenters. The van der Waals surface area contributed by atoms with Gasteiger partial charge in [0.15, 0.2) is 0 Å². The smallest absolute Gasteiger partial charge is 0.416 e. The number of benzene rings is 3. The van der Waals surface area contributed by atoms with Crippen molar-refractivity contribution in [3.63, 3.8) is 0 Å². The molecule has 9 heteroatoms. The Balaban J connectivity index is 1.68. The molecule has 0 aromatic heterocycles. The van der Waals surface area contributed by atoms with Crippen LogP contribution in [0.1, 0.15) is 22.7 Å². The molecule has 0 bridgehead atoms. The van der Waals surface area contributed by atoms with Crippen molar-refractivity contribution in [2.45, 2.75) is 18.4 Å². The molecule has 0 aliphatic rings. The molecule has 0 aliphatic heterocycles. The maximum Gasteiger partial charge on any atom is 0.416 e. The van der Waals surface area contributed by atoms with Gasteiger partial charge in [-0.05, 0) is 53.7 Å². The predicted octanol–water partition coefficient (Wildman–Crippen LogP) is 5.76. The number of rotatable bonds is 7. The van der Waals surface area contributed by atoms with Gasteiger partial charge in [-0.15, -0.1) is 0 Å². The fourth-order valence-corrected chi connectivity index (χ4v) is 3.16. The van der Waals surface area contributed by atoms with Gasteiger partial charge < -0.3 is 10.1 Å². The minimum Gasteiger partial charge on any atom is -0.478 e. The van der Waals surface area contributed by atoms with Crippen LogP contribution in [0.5, 0.6) is 5.75 Å². The van der Waals surface area contributed by atoms with Crippen molar-refractivity contribution in [3.05, 3.63) is 77.4 Å². The summed E-state index contributed by atoms with van der Waals surface area (Å²) in [5.41, 5.74) is -2.81. The van der Waals surface area contributed by atoms with Crippen molar-refractivity contribution in [3.8, 4) is 5.75 Å². The zero-order chi connectivity index (χ0) is 22.6. The van der Waals surface area contributed by atoms with Gasteiger partial charge in [0.25, 0.3) is 0 Å². The Kier molecular flexibility index (Phi) is 6.76. The number of hydrogen-bond acceptors (Lipinski definition) is 3. The predicted molar refractivity (Wildman–Crippen MR) is 106 cm³/mol. The first-order valence-electron chi connectivity index (χ1n) is 9.37. The van der Waals surface area contributed by atoms with Crippen LogP contribution in [0.2, 0.25) is 0 Å². The van der Waals surface area contributed by atoms with E-state index >= 15 is 0 Å². The molecule has 0 spiro atoms. The van der Waals surface area contributed by atoms with Gasteiger partial charge in [0.05, 0.1) is 11.1 Å². The number of fused-ring (bicyclic) bond motifs is 1. The molecule has 0 saturated heterocycles. The Morgan fingerprint density at radius 1 is 0.806 bits per heavy atom. The van der Waals surface area contributed by atoms with Gasteiger partial charge in [0.1, 0.15) is 12.5 Å². The van der Waals surface area contributed by atoms with Gasteiger partial charge in [-0.25, -0.2) is 0 Å². The minimum atomic E-state index is -4.89. The number of alkyl halides is 6. The van der Waals surface area contributed by atoms with Gasteiger partial charge >= 0.3 is 12.4 Å². The highest BCUT2D eigenvalue weighted by molar-refractivity contribution is 5.83. The molecule has 31 heavy (non-hydrogen) atoms. The molecular weight excluding hydrogens is 422 g/mol. The van der Waals surface area contributed by atoms with E-state index in [1.54, 1.807) is 6.07 Å². The first kappa shape index (κ1) is 22.9. The van der Waals surface area contributed by atoms with E-state index < -0.39 is 29.5 Å². The highest BCUT2D eigenvalue weighted by Crippen LogP contribution is 2.37. The SMILES string of the molecule is CNC(CNCOc1ccc2ccccc2c1)c1cc(C(F)(F)F)cc(C(F)(F)F)c1. The van der Waals surface area contributed by atoms with Crippen molar-refractivity contribution < 1.29 is 31.1 Å². The summed E-state index contributed by atoms with van der Waals surface area (Å²) < 4.78 is 84.1. The Morgan fingerprint density at radius 3 is 2.00 bits per heavy atom. The molecule has 0 aliphatic carbocycles. The van der Waals surface area contributed by atoms with E-state index in [0.29, 0.717) is 5.75 Å². The highest BCUT2D eigenvalue weighted by Gasteiger charge is 2.37. The summed E-state index contributed by atoms with van der Waals surface area (Å²) >= 11 is 0. The average Bonchev–Trinajstić information content (AvgIpc) is 2.72. The van der Waals surface area contributed by atoms with Crippen LogP contribution in [0.4, 0.5) is 26.3 Å². The van der Waals surface area contributed by atoms with Crippen LogP contribution in [0.3, 0.4) is 0 Å². The highest BCUT2D eigenvalue weighted by atomic mass is 19.4. The zero-order valence-electron chi connectivity index (χ0n) is 16.4. The summed E-state index contributed by atoms with van der Waals surface area (Å²) in [6.45, 7) is 0.0876. The lowest BCUT2D eigenvalue weighted by Crippen LogP contribution is -2.32. The zero-order valence-corrected chi connectivity index (χ0v) is 16.4. The number of halogens is 6. The quantitative estimate of drug-likeness (QED) is 0.277. The van der Waals surface area contributed by atoms with E-state index in [1.807, 2.05) is 36.4 Å². The summed E-state index contributed by atoms with van der Waals surface area (Å²) in [5.74, 6) is 0.589. The standard InChI is InChI=1S/C22H20F6N2O/c1-29-20(16-8-17(21(23,24)25)11-18(9-16)22(26,27)28)12-30-13-31-19-7-6-14-4-2-3-5-15(14)10-19/h2-11,20,29-30H,12-13H2,1H3. The minimum absolute atomic E-state index is 0.0294. The van der Waals surface area contributed by atoms with Crippen molar-refractivity contribution >= 4 is 10.8 Å². The summed E-state index contributed by atoms with van der Waals surface area (Å²) in [5, 5.41) is 7.67. The third-order valence-corrected chi connectivity index (χ3v) is 4.77. The molecule has 0 fully saturated rings. The molecule has 2 N–H and O–H groups in total. The van der Waals surface area contributed by atoms with Gasteiger partial charge in [-0.2, -0.15) is 26.3 Å². The first-order valence-corrected chi connectivity index (χ1v) is 9.37. The number of nitrogens with one attached hydrogen (secondary N) is 2. The fraction of sp³-hybridized carbons (Fsp3) is 0.273. The summed E-state index contributed by atoms with van der Waals surface area (Å²) in [6, 6.07) is 14.0. The van der Waals surface area contributed by atoms with Gasteiger partial charge in [-0.3, -0.25) is 5.32 Å². The first-order chi connectivity index (χ1) is 14.6. The molecule has 0 amide bonds. The molecule has 1 unspecified atom stereocenters. The fourth-order valence-electron chi connectivity index (χ4n) is 3.16. The Hall–Kier alpha value is -2.78. The normalized spacial score (nSPS) is 13.4. The largest absolute Gasteiger partial charge is 0.478 e. The van der Waals surface area contributed by atoms with Crippen LogP contribution in [0.25, 0.3) is 10.8 Å². The summed E-state index contributed by atoms with van der Waals surface area (Å²) in [7, 11) is 1.46. The molecule has 3 aromatic rings. The second-order valence-electron chi connectivity index (χ2n) is 6.93. The van der Waals surface area contributed by atoms with Gasteiger partial charge in [0, 0.05) is 12.6 Å². The lowest BCUT2D eigenvalue weighted by molar-refractivity contribution is -0.143. The number of ether oxygens (including phenoxy) is 1. The summed E-state index contributed by atoms with van der Waals surface area (Å²) in [6.07, 6.45) is -9.78. The van der Waals surface area contributed by atoms with Crippen LogP contribution in [0.15, 0.2) is 60.7 Å². The maximum atomic E-state index is 13.1. The van der Waals surface area contributed by atoms with Gasteiger partial charge in [-0.1, -0.05) is 30.3 Å². The summed E-state index contributed by atoms with van der Waals surface area (Å²) in [4.78, 5) is 0. The van der Waals surface area contributed by atoms with E-state index in [2.05, 4.69) is 10.6 Å². The molecule has 0 heterocycles. The van der Waals surface area contributed by atoms with Crippen molar-refractivity contribution in [1.82, 2.24) is 10.6 Å². The molecule has 0 radical (unpaired) electrons. The number of hydrogen-bond donors (Lipinski definition) is 2. The Morgan fingerprint density at radius 2 is 1.42 bits per heavy atom. The molecule has 166 valence electrons. The second kappa shape index (κ2) is 9.15. The van der Waals surface area contributed by atoms with Crippen molar-refractivity contribution in [2.24, 2.45) is 0 Å². The van der Waals surface area contributed by atoms with Crippen molar-refractivity contribution in [2.75, 3.05) is 20.3 Å². The molecule has 3 aromatic carbocycles. The van der Waals surface area contributed by atoms with Gasteiger partial charge in [0.2, 0.25) is 0 Å². The van der Waals surface area contributed by atoms with Crippen LogP contribution >= 0.6 is 0 Å². The molecule has 3 nitrogen and oxygen atoms in total. The molecule has 0 saturated carbocycles. The van der Waals surface area contributed by atoms with Crippen molar-refractivity contribution in [1.29, 1.82) is 0 Å². The van der Waals surface area contributed by atoms with E-state index in [-0.39, 0.29) is 24.9 Å². The lowest BCUT2D eigenvalue weighted by Gasteiger charge is -2.21. The van der Waals surface area contributed by atoms with E-state index in [1.165, 1.54) is 7.05 Å². The van der Waals surface area contributed by atoms with Crippen LogP contribution < -0.4 is 15.4 Å². The number of likely N-dealkylation sites (N-methyl/N-ethyl adjacent to an activating group) is 1. The van der Waals surface area contributed by atoms with Crippen LogP contribution in [0, 0.1) is 0 Å². The second-order valence-corrected chi connectivity index (χ2v) is 6.93. The van der Waals surface area contributed by atoms with Crippen LogP contribution in [-0.2, 0) is 12.4 Å². The monoisotopic (exact) mass is 442 g/mol. The lowest BCUT2D eigenvalue weighted by atomic mass is 9.99. The van der Waals surface area contributed by atoms with E-state index in [0.717, 1.165) is 22.9 Å². The molecule has 3 rings (SSSR count). The van der Waals surface area contributed by atoms with E-state index in [9.17, 15) is 26.3 Å². The average molecular weight is 442 g/mol. The maximum absolute atomic E-state index is 13.1. The Labute approximate surface area is 175 Å². The third-order valence-electron chi connectivity index (χ3n) is 4.77. The Bertz CT molecular complexity index is 1000.